The molecule has 0 unspecified atom stereocenters. The number of amides is 2. The van der Waals surface area contributed by atoms with Gasteiger partial charge in [-0.1, -0.05) is 12.1 Å². The van der Waals surface area contributed by atoms with Gasteiger partial charge in [0.15, 0.2) is 0 Å². The molecule has 1 aliphatic heterocycles. The molecule has 118 valence electrons. The lowest BCUT2D eigenvalue weighted by atomic mass is 9.93. The highest BCUT2D eigenvalue weighted by atomic mass is 19.1. The van der Waals surface area contributed by atoms with Gasteiger partial charge in [-0.15, -0.1) is 0 Å². The van der Waals surface area contributed by atoms with Crippen LogP contribution in [0.1, 0.15) is 30.9 Å². The number of carbonyl (C=O) groups is 2. The molecule has 1 aromatic rings. The highest BCUT2D eigenvalue weighted by Crippen LogP contribution is 2.59. The Bertz CT molecular complexity index is 582. The molecule has 1 aliphatic carbocycles. The summed E-state index contributed by atoms with van der Waals surface area (Å²) in [6.07, 6.45) is 2.59. The summed E-state index contributed by atoms with van der Waals surface area (Å²) < 4.78 is 18.3. The van der Waals surface area contributed by atoms with Gasteiger partial charge in [0.05, 0.1) is 0 Å². The Labute approximate surface area is 128 Å². The van der Waals surface area contributed by atoms with Crippen molar-refractivity contribution in [1.82, 2.24) is 5.32 Å². The Balaban J connectivity index is 1.68. The number of carbonyl (C=O) groups excluding carboxylic acids is 2. The minimum Gasteiger partial charge on any atom is -0.381 e. The Morgan fingerprint density at radius 3 is 2.50 bits per heavy atom. The smallest absolute Gasteiger partial charge is 0.244 e. The maximum absolute atomic E-state index is 13.0. The molecule has 2 aliphatic rings. The quantitative estimate of drug-likeness (QED) is 0.879. The predicted octanol–water partition coefficient (Wildman–Crippen LogP) is 1.28. The van der Waals surface area contributed by atoms with Gasteiger partial charge in [0.1, 0.15) is 11.9 Å². The number of nitrogens with one attached hydrogen (secondary N) is 1. The molecule has 1 saturated carbocycles. The molecule has 3 N–H and O–H groups in total. The average molecular weight is 306 g/mol. The molecule has 3 rings (SSSR count). The van der Waals surface area contributed by atoms with Gasteiger partial charge < -0.3 is 15.8 Å². The van der Waals surface area contributed by atoms with Crippen LogP contribution in [0, 0.1) is 17.2 Å². The van der Waals surface area contributed by atoms with Crippen LogP contribution in [0.25, 0.3) is 0 Å². The van der Waals surface area contributed by atoms with Gasteiger partial charge in [0.2, 0.25) is 11.8 Å². The molecule has 1 spiro atoms. The lowest BCUT2D eigenvalue weighted by Gasteiger charge is -2.23. The first-order valence-electron chi connectivity index (χ1n) is 7.45. The van der Waals surface area contributed by atoms with Crippen molar-refractivity contribution in [3.8, 4) is 0 Å². The highest BCUT2D eigenvalue weighted by molar-refractivity contribution is 5.90. The molecule has 1 saturated heterocycles. The van der Waals surface area contributed by atoms with Gasteiger partial charge in [-0.05, 0) is 42.4 Å². The molecule has 1 aromatic carbocycles. The third-order valence-electron chi connectivity index (χ3n) is 4.77. The average Bonchev–Trinajstić information content (AvgIpc) is 3.19. The minimum atomic E-state index is -0.925. The number of nitrogens with two attached hydrogens (primary N) is 1. The topological polar surface area (TPSA) is 81.4 Å². The molecule has 0 bridgehead atoms. The summed E-state index contributed by atoms with van der Waals surface area (Å²) in [6.45, 7) is 1.36. The first kappa shape index (κ1) is 15.0. The summed E-state index contributed by atoms with van der Waals surface area (Å²) in [5.41, 5.74) is 5.90. The molecule has 22 heavy (non-hydrogen) atoms. The number of hydrogen-bond donors (Lipinski definition) is 2. The first-order chi connectivity index (χ1) is 10.5. The van der Waals surface area contributed by atoms with E-state index >= 15 is 0 Å². The van der Waals surface area contributed by atoms with E-state index in [1.54, 1.807) is 0 Å². The van der Waals surface area contributed by atoms with Gasteiger partial charge in [0.25, 0.3) is 0 Å². The second-order valence-corrected chi connectivity index (χ2v) is 6.13. The molecular formula is C16H19FN2O3. The molecule has 2 atom stereocenters. The Morgan fingerprint density at radius 1 is 1.27 bits per heavy atom. The molecule has 1 heterocycles. The van der Waals surface area contributed by atoms with Crippen LogP contribution in [-0.4, -0.2) is 25.0 Å². The van der Waals surface area contributed by atoms with Crippen molar-refractivity contribution in [1.29, 1.82) is 0 Å². The molecule has 2 amide bonds. The van der Waals surface area contributed by atoms with Crippen LogP contribution in [0.3, 0.4) is 0 Å². The molecular weight excluding hydrogens is 287 g/mol. The molecule has 0 aromatic heterocycles. The summed E-state index contributed by atoms with van der Waals surface area (Å²) in [7, 11) is 0. The molecule has 5 nitrogen and oxygen atoms in total. The van der Waals surface area contributed by atoms with Crippen molar-refractivity contribution < 1.29 is 18.7 Å². The largest absolute Gasteiger partial charge is 0.381 e. The van der Waals surface area contributed by atoms with E-state index in [1.807, 2.05) is 0 Å². The maximum atomic E-state index is 13.0. The lowest BCUT2D eigenvalue weighted by molar-refractivity contribution is -0.129. The van der Waals surface area contributed by atoms with Crippen molar-refractivity contribution in [3.63, 3.8) is 0 Å². The normalized spacial score (nSPS) is 23.8. The SMILES string of the molecule is NC(=O)[C@@H](NC(=O)[C@@H]1CC12CCOCC2)c1ccc(F)cc1. The summed E-state index contributed by atoms with van der Waals surface area (Å²) in [5, 5.41) is 2.71. The first-order valence-corrected chi connectivity index (χ1v) is 7.45. The predicted molar refractivity (Wildman–Crippen MR) is 77.1 cm³/mol. The maximum Gasteiger partial charge on any atom is 0.244 e. The van der Waals surface area contributed by atoms with E-state index in [1.165, 1.54) is 24.3 Å². The number of benzene rings is 1. The van der Waals surface area contributed by atoms with Gasteiger partial charge in [0, 0.05) is 19.1 Å². The fourth-order valence-electron chi connectivity index (χ4n) is 3.27. The number of hydrogen-bond acceptors (Lipinski definition) is 3. The van der Waals surface area contributed by atoms with Crippen molar-refractivity contribution in [3.05, 3.63) is 35.6 Å². The van der Waals surface area contributed by atoms with Gasteiger partial charge in [-0.3, -0.25) is 9.59 Å². The third kappa shape index (κ3) is 2.83. The van der Waals surface area contributed by atoms with Crippen molar-refractivity contribution in [2.24, 2.45) is 17.1 Å². The van der Waals surface area contributed by atoms with E-state index in [9.17, 15) is 14.0 Å². The second-order valence-electron chi connectivity index (χ2n) is 6.13. The van der Waals surface area contributed by atoms with Crippen LogP contribution in [0.4, 0.5) is 4.39 Å². The minimum absolute atomic E-state index is 0.0350. The van der Waals surface area contributed by atoms with E-state index in [2.05, 4.69) is 5.32 Å². The van der Waals surface area contributed by atoms with Crippen LogP contribution in [-0.2, 0) is 14.3 Å². The standard InChI is InChI=1S/C16H19FN2O3/c17-11-3-1-10(2-4-11)13(14(18)20)19-15(21)12-9-16(12)5-7-22-8-6-16/h1-4,12-13H,5-9H2,(H2,18,20)(H,19,21)/t12-,13-/m0/s1. The third-order valence-corrected chi connectivity index (χ3v) is 4.77. The Hall–Kier alpha value is -1.95. The zero-order valence-corrected chi connectivity index (χ0v) is 12.2. The van der Waals surface area contributed by atoms with Gasteiger partial charge in [-0.25, -0.2) is 4.39 Å². The fourth-order valence-corrected chi connectivity index (χ4v) is 3.27. The lowest BCUT2D eigenvalue weighted by Crippen LogP contribution is -2.39. The van der Waals surface area contributed by atoms with E-state index in [-0.39, 0.29) is 17.2 Å². The number of halogens is 1. The summed E-state index contributed by atoms with van der Waals surface area (Å²) >= 11 is 0. The summed E-state index contributed by atoms with van der Waals surface area (Å²) in [6, 6.07) is 4.48. The number of rotatable bonds is 4. The van der Waals surface area contributed by atoms with Crippen LogP contribution in [0.2, 0.25) is 0 Å². The second kappa shape index (κ2) is 5.68. The molecule has 0 radical (unpaired) electrons. The zero-order chi connectivity index (χ0) is 15.7. The van der Waals surface area contributed by atoms with E-state index in [0.717, 1.165) is 19.3 Å². The Kier molecular flexibility index (Phi) is 3.87. The van der Waals surface area contributed by atoms with Crippen molar-refractivity contribution in [2.45, 2.75) is 25.3 Å². The summed E-state index contributed by atoms with van der Waals surface area (Å²) in [5.74, 6) is -1.29. The summed E-state index contributed by atoms with van der Waals surface area (Å²) in [4.78, 5) is 24.0. The van der Waals surface area contributed by atoms with Crippen LogP contribution >= 0.6 is 0 Å². The van der Waals surface area contributed by atoms with Gasteiger partial charge >= 0.3 is 0 Å². The molecule has 6 heteroatoms. The van der Waals surface area contributed by atoms with E-state index in [4.69, 9.17) is 10.5 Å². The van der Waals surface area contributed by atoms with Gasteiger partial charge in [-0.2, -0.15) is 0 Å². The van der Waals surface area contributed by atoms with E-state index in [0.29, 0.717) is 18.8 Å². The van der Waals surface area contributed by atoms with Crippen LogP contribution < -0.4 is 11.1 Å². The van der Waals surface area contributed by atoms with Crippen LogP contribution in [0.15, 0.2) is 24.3 Å². The van der Waals surface area contributed by atoms with E-state index < -0.39 is 17.8 Å². The number of primary amides is 1. The van der Waals surface area contributed by atoms with Crippen molar-refractivity contribution >= 4 is 11.8 Å². The molecule has 2 fully saturated rings. The number of ether oxygens (including phenoxy) is 1. The fraction of sp³-hybridized carbons (Fsp3) is 0.500. The Morgan fingerprint density at radius 2 is 1.91 bits per heavy atom. The highest BCUT2D eigenvalue weighted by Gasteiger charge is 2.58. The zero-order valence-electron chi connectivity index (χ0n) is 12.2. The van der Waals surface area contributed by atoms with Crippen LogP contribution in [0.5, 0.6) is 0 Å². The van der Waals surface area contributed by atoms with Crippen molar-refractivity contribution in [2.75, 3.05) is 13.2 Å². The monoisotopic (exact) mass is 306 g/mol.